The van der Waals surface area contributed by atoms with E-state index in [9.17, 15) is 0 Å². The number of rotatable bonds is 2. The summed E-state index contributed by atoms with van der Waals surface area (Å²) in [4.78, 5) is 0. The third kappa shape index (κ3) is 1.72. The molecule has 1 aliphatic rings. The average molecular weight is 244 g/mol. The minimum absolute atomic E-state index is 0.0211. The Morgan fingerprint density at radius 2 is 2.11 bits per heavy atom. The van der Waals surface area contributed by atoms with Gasteiger partial charge in [0, 0.05) is 18.2 Å². The first-order valence-electron chi connectivity index (χ1n) is 6.75. The van der Waals surface area contributed by atoms with Crippen molar-refractivity contribution in [2.45, 2.75) is 38.0 Å². The Morgan fingerprint density at radius 1 is 1.33 bits per heavy atom. The molecule has 0 atom stereocenters. The molecule has 0 amide bonds. The zero-order valence-electron chi connectivity index (χ0n) is 10.8. The van der Waals surface area contributed by atoms with Crippen LogP contribution < -0.4 is 5.73 Å². The minimum Gasteiger partial charge on any atom is -0.329 e. The number of hydrogen-bond acceptors (Lipinski definition) is 3. The molecule has 1 aliphatic carbocycles. The van der Waals surface area contributed by atoms with Crippen molar-refractivity contribution in [1.82, 2.24) is 14.6 Å². The van der Waals surface area contributed by atoms with Crippen LogP contribution in [0.15, 0.2) is 24.4 Å². The van der Waals surface area contributed by atoms with E-state index in [1.54, 1.807) is 0 Å². The predicted molar refractivity (Wildman–Crippen MR) is 71.4 cm³/mol. The van der Waals surface area contributed by atoms with Gasteiger partial charge in [-0.3, -0.25) is 4.40 Å². The van der Waals surface area contributed by atoms with Gasteiger partial charge in [0.25, 0.3) is 0 Å². The number of fused-ring (bicyclic) bond motifs is 1. The standard InChI is InChI=1S/C14H20N4/c1-11-5-7-14(10-15,8-6-11)13-17-16-12-4-2-3-9-18(12)13/h2-4,9,11H,5-8,10,15H2,1H3. The second-order valence-electron chi connectivity index (χ2n) is 5.62. The van der Waals surface area contributed by atoms with Crippen molar-refractivity contribution in [2.24, 2.45) is 11.7 Å². The summed E-state index contributed by atoms with van der Waals surface area (Å²) in [5.74, 6) is 1.86. The fourth-order valence-electron chi connectivity index (χ4n) is 3.04. The molecule has 2 aromatic rings. The van der Waals surface area contributed by atoms with Crippen LogP contribution in [0.25, 0.3) is 5.65 Å². The molecule has 4 nitrogen and oxygen atoms in total. The van der Waals surface area contributed by atoms with Gasteiger partial charge in [0.05, 0.1) is 0 Å². The van der Waals surface area contributed by atoms with Crippen LogP contribution in [0, 0.1) is 5.92 Å². The molecule has 0 radical (unpaired) electrons. The number of aromatic nitrogens is 3. The summed E-state index contributed by atoms with van der Waals surface area (Å²) in [5, 5.41) is 8.68. The van der Waals surface area contributed by atoms with E-state index < -0.39 is 0 Å². The first-order chi connectivity index (χ1) is 8.75. The Morgan fingerprint density at radius 3 is 2.83 bits per heavy atom. The van der Waals surface area contributed by atoms with Crippen LogP contribution in [0.3, 0.4) is 0 Å². The summed E-state index contributed by atoms with van der Waals surface area (Å²) < 4.78 is 2.10. The molecule has 1 fully saturated rings. The lowest BCUT2D eigenvalue weighted by Crippen LogP contribution is -2.40. The summed E-state index contributed by atoms with van der Waals surface area (Å²) >= 11 is 0. The molecule has 2 aromatic heterocycles. The van der Waals surface area contributed by atoms with E-state index in [-0.39, 0.29) is 5.41 Å². The van der Waals surface area contributed by atoms with Crippen molar-refractivity contribution < 1.29 is 0 Å². The number of nitrogens with two attached hydrogens (primary N) is 1. The quantitative estimate of drug-likeness (QED) is 0.880. The molecule has 0 aromatic carbocycles. The normalized spacial score (nSPS) is 28.7. The van der Waals surface area contributed by atoms with Gasteiger partial charge in [-0.1, -0.05) is 13.0 Å². The van der Waals surface area contributed by atoms with Crippen LogP contribution in [-0.4, -0.2) is 21.1 Å². The Kier molecular flexibility index (Phi) is 2.82. The van der Waals surface area contributed by atoms with Gasteiger partial charge in [-0.15, -0.1) is 10.2 Å². The molecule has 0 aliphatic heterocycles. The molecule has 2 N–H and O–H groups in total. The van der Waals surface area contributed by atoms with Crippen LogP contribution in [0.2, 0.25) is 0 Å². The maximum absolute atomic E-state index is 6.08. The fraction of sp³-hybridized carbons (Fsp3) is 0.571. The molecular formula is C14H20N4. The number of nitrogens with zero attached hydrogens (tertiary/aromatic N) is 3. The van der Waals surface area contributed by atoms with Crippen molar-refractivity contribution in [1.29, 1.82) is 0 Å². The van der Waals surface area contributed by atoms with E-state index in [0.29, 0.717) is 6.54 Å². The molecule has 0 spiro atoms. The Hall–Kier alpha value is -1.42. The summed E-state index contributed by atoms with van der Waals surface area (Å²) in [7, 11) is 0. The Balaban J connectivity index is 2.06. The SMILES string of the molecule is CC1CCC(CN)(c2nnc3ccccn23)CC1. The lowest BCUT2D eigenvalue weighted by Gasteiger charge is -2.37. The molecular weight excluding hydrogens is 224 g/mol. The van der Waals surface area contributed by atoms with E-state index >= 15 is 0 Å². The number of hydrogen-bond donors (Lipinski definition) is 1. The molecule has 2 heterocycles. The van der Waals surface area contributed by atoms with Gasteiger partial charge in [-0.05, 0) is 43.7 Å². The lowest BCUT2D eigenvalue weighted by molar-refractivity contribution is 0.235. The average Bonchev–Trinajstić information content (AvgIpc) is 2.85. The van der Waals surface area contributed by atoms with E-state index in [1.165, 1.54) is 12.8 Å². The van der Waals surface area contributed by atoms with E-state index in [2.05, 4.69) is 21.5 Å². The lowest BCUT2D eigenvalue weighted by atomic mass is 9.70. The van der Waals surface area contributed by atoms with Gasteiger partial charge in [-0.25, -0.2) is 0 Å². The molecule has 1 saturated carbocycles. The van der Waals surface area contributed by atoms with Crippen LogP contribution >= 0.6 is 0 Å². The maximum Gasteiger partial charge on any atom is 0.160 e. The molecule has 0 bridgehead atoms. The number of pyridine rings is 1. The van der Waals surface area contributed by atoms with Gasteiger partial charge in [0.1, 0.15) is 5.82 Å². The highest BCUT2D eigenvalue weighted by Crippen LogP contribution is 2.39. The third-order valence-electron chi connectivity index (χ3n) is 4.41. The Bertz CT molecular complexity index is 537. The van der Waals surface area contributed by atoms with Crippen molar-refractivity contribution in [3.8, 4) is 0 Å². The van der Waals surface area contributed by atoms with Gasteiger partial charge in [0.2, 0.25) is 0 Å². The van der Waals surface area contributed by atoms with Crippen LogP contribution in [0.5, 0.6) is 0 Å². The molecule has 0 saturated heterocycles. The topological polar surface area (TPSA) is 56.2 Å². The van der Waals surface area contributed by atoms with Gasteiger partial charge in [-0.2, -0.15) is 0 Å². The Labute approximate surface area is 107 Å². The third-order valence-corrected chi connectivity index (χ3v) is 4.41. The van der Waals surface area contributed by atoms with Crippen molar-refractivity contribution >= 4 is 5.65 Å². The largest absolute Gasteiger partial charge is 0.329 e. The smallest absolute Gasteiger partial charge is 0.160 e. The first-order valence-corrected chi connectivity index (χ1v) is 6.75. The highest BCUT2D eigenvalue weighted by molar-refractivity contribution is 5.38. The summed E-state index contributed by atoms with van der Waals surface area (Å²) in [6.07, 6.45) is 6.76. The monoisotopic (exact) mass is 244 g/mol. The van der Waals surface area contributed by atoms with Crippen molar-refractivity contribution in [3.05, 3.63) is 30.2 Å². The van der Waals surface area contributed by atoms with E-state index in [1.807, 2.05) is 24.4 Å². The van der Waals surface area contributed by atoms with Crippen molar-refractivity contribution in [3.63, 3.8) is 0 Å². The minimum atomic E-state index is 0.0211. The van der Waals surface area contributed by atoms with Gasteiger partial charge >= 0.3 is 0 Å². The summed E-state index contributed by atoms with van der Waals surface area (Å²) in [6.45, 7) is 2.98. The molecule has 0 unspecified atom stereocenters. The van der Waals surface area contributed by atoms with Crippen LogP contribution in [0.4, 0.5) is 0 Å². The fourth-order valence-corrected chi connectivity index (χ4v) is 3.04. The second-order valence-corrected chi connectivity index (χ2v) is 5.62. The summed E-state index contributed by atoms with van der Waals surface area (Å²) in [5.41, 5.74) is 7.02. The highest BCUT2D eigenvalue weighted by atomic mass is 15.3. The second kappa shape index (κ2) is 4.35. The summed E-state index contributed by atoms with van der Waals surface area (Å²) in [6, 6.07) is 6.01. The molecule has 18 heavy (non-hydrogen) atoms. The zero-order valence-corrected chi connectivity index (χ0v) is 10.8. The molecule has 4 heteroatoms. The van der Waals surface area contributed by atoms with Crippen LogP contribution in [0.1, 0.15) is 38.4 Å². The van der Waals surface area contributed by atoms with E-state index in [0.717, 1.165) is 30.2 Å². The zero-order chi connectivity index (χ0) is 12.6. The van der Waals surface area contributed by atoms with Gasteiger partial charge in [0.15, 0.2) is 5.65 Å². The maximum atomic E-state index is 6.08. The molecule has 96 valence electrons. The van der Waals surface area contributed by atoms with E-state index in [4.69, 9.17) is 5.73 Å². The first kappa shape index (κ1) is 11.7. The predicted octanol–water partition coefficient (Wildman–Crippen LogP) is 2.14. The van der Waals surface area contributed by atoms with Crippen molar-refractivity contribution in [2.75, 3.05) is 6.54 Å². The van der Waals surface area contributed by atoms with Gasteiger partial charge < -0.3 is 5.73 Å². The molecule has 3 rings (SSSR count). The van der Waals surface area contributed by atoms with Crippen LogP contribution in [-0.2, 0) is 5.41 Å². The highest BCUT2D eigenvalue weighted by Gasteiger charge is 2.38.